The highest BCUT2D eigenvalue weighted by atomic mass is 32.1. The number of nitrogens with zero attached hydrogens (tertiary/aromatic N) is 4. The van der Waals surface area contributed by atoms with Crippen LogP contribution in [0.4, 0.5) is 21.9 Å². The van der Waals surface area contributed by atoms with E-state index < -0.39 is 6.03 Å². The second-order valence-electron chi connectivity index (χ2n) is 8.71. The number of para-hydroxylation sites is 1. The molecule has 0 saturated heterocycles. The predicted molar refractivity (Wildman–Crippen MR) is 134 cm³/mol. The summed E-state index contributed by atoms with van der Waals surface area (Å²) >= 11 is 1.28. The van der Waals surface area contributed by atoms with Crippen LogP contribution in [-0.4, -0.2) is 32.9 Å². The third-order valence-electron chi connectivity index (χ3n) is 6.46. The number of urea groups is 1. The number of aromatic nitrogens is 3. The molecule has 1 fully saturated rings. The van der Waals surface area contributed by atoms with Crippen LogP contribution >= 0.6 is 11.3 Å². The molecular weight excluding hydrogens is 464 g/mol. The Kier molecular flexibility index (Phi) is 5.29. The minimum atomic E-state index is -0.396. The number of thiophene rings is 1. The Balaban J connectivity index is 1.32. The van der Waals surface area contributed by atoms with Gasteiger partial charge in [0.05, 0.1) is 34.8 Å². The Hall–Kier alpha value is -4.05. The van der Waals surface area contributed by atoms with Crippen molar-refractivity contribution in [2.75, 3.05) is 10.2 Å². The molecule has 1 saturated carbocycles. The van der Waals surface area contributed by atoms with Crippen molar-refractivity contribution in [2.24, 2.45) is 5.92 Å². The van der Waals surface area contributed by atoms with E-state index in [-0.39, 0.29) is 18.0 Å². The van der Waals surface area contributed by atoms with Gasteiger partial charge in [-0.3, -0.25) is 9.69 Å². The lowest BCUT2D eigenvalue weighted by Gasteiger charge is -2.28. The molecule has 2 aliphatic rings. The number of ether oxygens (including phenoxy) is 1. The molecule has 2 atom stereocenters. The first kappa shape index (κ1) is 21.5. The zero-order valence-corrected chi connectivity index (χ0v) is 19.7. The summed E-state index contributed by atoms with van der Waals surface area (Å²) in [6.45, 7) is 2.16. The second-order valence-corrected chi connectivity index (χ2v) is 9.71. The summed E-state index contributed by atoms with van der Waals surface area (Å²) in [5.74, 6) is 0.886. The topological polar surface area (TPSA) is 109 Å². The quantitative estimate of drug-likeness (QED) is 0.387. The van der Waals surface area contributed by atoms with Gasteiger partial charge in [-0.15, -0.1) is 11.3 Å². The summed E-state index contributed by atoms with van der Waals surface area (Å²) in [7, 11) is 0. The lowest BCUT2D eigenvalue weighted by Crippen LogP contribution is -2.37. The zero-order chi connectivity index (χ0) is 23.9. The van der Waals surface area contributed by atoms with E-state index in [1.807, 2.05) is 30.3 Å². The number of rotatable bonds is 5. The number of benzene rings is 1. The summed E-state index contributed by atoms with van der Waals surface area (Å²) in [5, 5.41) is 6.78. The van der Waals surface area contributed by atoms with E-state index in [4.69, 9.17) is 4.74 Å². The average Bonchev–Trinajstić information content (AvgIpc) is 3.44. The van der Waals surface area contributed by atoms with Crippen molar-refractivity contribution >= 4 is 50.6 Å². The summed E-state index contributed by atoms with van der Waals surface area (Å²) in [4.78, 5) is 42.0. The number of anilines is 3. The molecule has 4 heterocycles. The predicted octanol–water partition coefficient (Wildman–Crippen LogP) is 5.48. The van der Waals surface area contributed by atoms with Crippen LogP contribution in [-0.2, 0) is 0 Å². The van der Waals surface area contributed by atoms with Crippen LogP contribution in [0.1, 0.15) is 35.9 Å². The molecule has 0 spiro atoms. The molecular formula is C25H22N6O3S. The van der Waals surface area contributed by atoms with Gasteiger partial charge < -0.3 is 15.4 Å². The van der Waals surface area contributed by atoms with E-state index in [9.17, 15) is 9.59 Å². The maximum absolute atomic E-state index is 13.2. The molecule has 9 nitrogen and oxygen atoms in total. The molecule has 1 aliphatic carbocycles. The fourth-order valence-corrected chi connectivity index (χ4v) is 5.69. The summed E-state index contributed by atoms with van der Waals surface area (Å²) in [6, 6.07) is 10.9. The number of hydrogen-bond donors (Lipinski definition) is 2. The van der Waals surface area contributed by atoms with Gasteiger partial charge in [0, 0.05) is 12.2 Å². The largest absolute Gasteiger partial charge is 0.424 e. The van der Waals surface area contributed by atoms with Crippen LogP contribution in [0.25, 0.3) is 10.2 Å². The molecule has 4 aromatic rings. The highest BCUT2D eigenvalue weighted by Crippen LogP contribution is 2.45. The van der Waals surface area contributed by atoms with Crippen molar-refractivity contribution in [3.8, 4) is 11.8 Å². The van der Waals surface area contributed by atoms with Crippen molar-refractivity contribution in [3.63, 3.8) is 0 Å². The molecule has 2 N–H and O–H groups in total. The monoisotopic (exact) mass is 486 g/mol. The molecule has 1 aliphatic heterocycles. The van der Waals surface area contributed by atoms with Crippen molar-refractivity contribution in [1.29, 1.82) is 0 Å². The molecule has 1 aromatic carbocycles. The fourth-order valence-electron chi connectivity index (χ4n) is 4.67. The lowest BCUT2D eigenvalue weighted by atomic mass is 10.1. The fraction of sp³-hybridized carbons (Fsp3) is 0.240. The van der Waals surface area contributed by atoms with Crippen LogP contribution < -0.4 is 20.3 Å². The smallest absolute Gasteiger partial charge is 0.331 e. The molecule has 0 unspecified atom stereocenters. The number of carbonyl (C=O) groups excluding carboxylic acids is 2. The summed E-state index contributed by atoms with van der Waals surface area (Å²) in [6.07, 6.45) is 7.89. The van der Waals surface area contributed by atoms with Gasteiger partial charge in [0.2, 0.25) is 0 Å². The van der Waals surface area contributed by atoms with E-state index in [0.717, 1.165) is 24.6 Å². The SMILES string of the molecule is C[C@H]1CCC[C@H]1NC(=O)c1sc2nccc3c2c1NC(=O)N3c1cnc(Oc2ccccc2)nc1. The van der Waals surface area contributed by atoms with Crippen molar-refractivity contribution < 1.29 is 14.3 Å². The Morgan fingerprint density at radius 3 is 2.69 bits per heavy atom. The van der Waals surface area contributed by atoms with Crippen LogP contribution in [0, 0.1) is 5.92 Å². The number of carbonyl (C=O) groups is 2. The Bertz CT molecular complexity index is 1420. The van der Waals surface area contributed by atoms with Gasteiger partial charge in [-0.1, -0.05) is 31.5 Å². The van der Waals surface area contributed by atoms with E-state index in [0.29, 0.717) is 38.4 Å². The number of amides is 3. The van der Waals surface area contributed by atoms with Gasteiger partial charge >= 0.3 is 12.0 Å². The molecule has 0 radical (unpaired) electrons. The van der Waals surface area contributed by atoms with E-state index >= 15 is 0 Å². The van der Waals surface area contributed by atoms with E-state index in [1.165, 1.54) is 28.6 Å². The second kappa shape index (κ2) is 8.62. The first-order valence-electron chi connectivity index (χ1n) is 11.5. The minimum absolute atomic E-state index is 0.150. The highest BCUT2D eigenvalue weighted by molar-refractivity contribution is 7.21. The van der Waals surface area contributed by atoms with Gasteiger partial charge in [-0.2, -0.15) is 0 Å². The molecule has 0 bridgehead atoms. The third kappa shape index (κ3) is 3.85. The number of hydrogen-bond acceptors (Lipinski definition) is 7. The standard InChI is InChI=1S/C25H22N6O3S/c1-14-6-5-9-17(14)29-22(32)21-20-19-18(10-11-26-23(19)35-21)31(25(33)30-20)15-12-27-24(28-13-15)34-16-7-3-2-4-8-16/h2-4,7-8,10-14,17H,5-6,9H2,1H3,(H,29,32)(H,30,33)/t14-,17+/m0/s1. The Labute approximate surface area is 205 Å². The maximum Gasteiger partial charge on any atom is 0.331 e. The van der Waals surface area contributed by atoms with Gasteiger partial charge in [-0.05, 0) is 37.0 Å². The van der Waals surface area contributed by atoms with Crippen LogP contribution in [0.3, 0.4) is 0 Å². The van der Waals surface area contributed by atoms with Crippen molar-refractivity contribution in [1.82, 2.24) is 20.3 Å². The normalized spacial score (nSPS) is 19.0. The molecule has 3 aromatic heterocycles. The number of pyridine rings is 1. The van der Waals surface area contributed by atoms with E-state index in [1.54, 1.807) is 12.3 Å². The van der Waals surface area contributed by atoms with Gasteiger partial charge in [-0.25, -0.2) is 19.7 Å². The van der Waals surface area contributed by atoms with Gasteiger partial charge in [0.15, 0.2) is 0 Å². The molecule has 10 heteroatoms. The first-order chi connectivity index (χ1) is 17.1. The summed E-state index contributed by atoms with van der Waals surface area (Å²) < 4.78 is 5.66. The molecule has 6 rings (SSSR count). The zero-order valence-electron chi connectivity index (χ0n) is 18.9. The average molecular weight is 487 g/mol. The van der Waals surface area contributed by atoms with Gasteiger partial charge in [0.25, 0.3) is 5.91 Å². The molecule has 176 valence electrons. The van der Waals surface area contributed by atoms with Gasteiger partial charge in [0.1, 0.15) is 15.5 Å². The Morgan fingerprint density at radius 1 is 1.14 bits per heavy atom. The lowest BCUT2D eigenvalue weighted by molar-refractivity contribution is 0.0934. The summed E-state index contributed by atoms with van der Waals surface area (Å²) in [5.41, 5.74) is 1.60. The first-order valence-corrected chi connectivity index (χ1v) is 12.3. The van der Waals surface area contributed by atoms with Crippen molar-refractivity contribution in [3.05, 3.63) is 59.9 Å². The molecule has 3 amide bonds. The third-order valence-corrected chi connectivity index (χ3v) is 7.55. The maximum atomic E-state index is 13.2. The number of nitrogens with one attached hydrogen (secondary N) is 2. The molecule has 35 heavy (non-hydrogen) atoms. The van der Waals surface area contributed by atoms with Crippen molar-refractivity contribution in [2.45, 2.75) is 32.2 Å². The minimum Gasteiger partial charge on any atom is -0.424 e. The van der Waals surface area contributed by atoms with Crippen LogP contribution in [0.15, 0.2) is 55.0 Å². The van der Waals surface area contributed by atoms with Crippen LogP contribution in [0.2, 0.25) is 0 Å². The van der Waals surface area contributed by atoms with E-state index in [2.05, 4.69) is 32.5 Å². The van der Waals surface area contributed by atoms with Crippen LogP contribution in [0.5, 0.6) is 11.8 Å². The Morgan fingerprint density at radius 2 is 1.94 bits per heavy atom. The highest BCUT2D eigenvalue weighted by Gasteiger charge is 2.34.